The molecule has 3 heteroatoms. The summed E-state index contributed by atoms with van der Waals surface area (Å²) in [7, 11) is 1.80. The Morgan fingerprint density at radius 1 is 1.41 bits per heavy atom. The molecule has 0 saturated carbocycles. The van der Waals surface area contributed by atoms with Gasteiger partial charge in [0.15, 0.2) is 5.67 Å². The summed E-state index contributed by atoms with van der Waals surface area (Å²) in [6.07, 6.45) is 0.477. The first-order valence-corrected chi connectivity index (χ1v) is 6.83. The molecule has 1 heterocycles. The molecule has 1 aromatic heterocycles. The third-order valence-electron chi connectivity index (χ3n) is 3.57. The van der Waals surface area contributed by atoms with Crippen molar-refractivity contribution >= 4 is 21.4 Å². The van der Waals surface area contributed by atoms with Crippen molar-refractivity contribution in [3.63, 3.8) is 0 Å². The first kappa shape index (κ1) is 12.5. The second-order valence-electron chi connectivity index (χ2n) is 4.40. The quantitative estimate of drug-likeness (QED) is 0.863. The number of hydrogen-bond acceptors (Lipinski definition) is 2. The molecule has 0 aliphatic heterocycles. The van der Waals surface area contributed by atoms with Crippen LogP contribution in [0.4, 0.5) is 4.39 Å². The van der Waals surface area contributed by atoms with Crippen molar-refractivity contribution in [2.24, 2.45) is 0 Å². The third kappa shape index (κ3) is 2.09. The number of nitrogens with one attached hydrogen (secondary N) is 1. The van der Waals surface area contributed by atoms with Crippen molar-refractivity contribution in [3.05, 3.63) is 35.2 Å². The fourth-order valence-corrected chi connectivity index (χ4v) is 2.99. The molecule has 2 aromatic rings. The highest BCUT2D eigenvalue weighted by Gasteiger charge is 2.35. The Balaban J connectivity index is 2.48. The maximum atomic E-state index is 15.0. The summed E-state index contributed by atoms with van der Waals surface area (Å²) in [5, 5.41) is 6.20. The summed E-state index contributed by atoms with van der Waals surface area (Å²) >= 11 is 1.69. The minimum Gasteiger partial charge on any atom is -0.314 e. The molecule has 0 amide bonds. The van der Waals surface area contributed by atoms with E-state index in [0.29, 0.717) is 6.42 Å². The smallest absolute Gasteiger partial charge is 0.150 e. The van der Waals surface area contributed by atoms with Gasteiger partial charge in [-0.2, -0.15) is 0 Å². The van der Waals surface area contributed by atoms with Crippen LogP contribution in [0.5, 0.6) is 0 Å². The van der Waals surface area contributed by atoms with Gasteiger partial charge in [0.25, 0.3) is 0 Å². The highest BCUT2D eigenvalue weighted by Crippen LogP contribution is 2.35. The Morgan fingerprint density at radius 3 is 2.82 bits per heavy atom. The monoisotopic (exact) mass is 251 g/mol. The zero-order valence-corrected chi connectivity index (χ0v) is 11.3. The van der Waals surface area contributed by atoms with Crippen LogP contribution in [0.25, 0.3) is 10.1 Å². The van der Waals surface area contributed by atoms with E-state index in [9.17, 15) is 0 Å². The third-order valence-corrected chi connectivity index (χ3v) is 4.46. The van der Waals surface area contributed by atoms with Gasteiger partial charge in [0.1, 0.15) is 0 Å². The number of hydrogen-bond donors (Lipinski definition) is 1. The van der Waals surface area contributed by atoms with Crippen molar-refractivity contribution in [3.8, 4) is 0 Å². The lowest BCUT2D eigenvalue weighted by atomic mass is 9.86. The van der Waals surface area contributed by atoms with Crippen molar-refractivity contribution in [2.45, 2.75) is 32.0 Å². The summed E-state index contributed by atoms with van der Waals surface area (Å²) in [6.45, 7) is 3.78. The Kier molecular flexibility index (Phi) is 3.50. The number of alkyl halides is 1. The molecule has 1 N–H and O–H groups in total. The first-order chi connectivity index (χ1) is 8.11. The van der Waals surface area contributed by atoms with Gasteiger partial charge >= 0.3 is 0 Å². The second kappa shape index (κ2) is 4.75. The lowest BCUT2D eigenvalue weighted by Gasteiger charge is -2.31. The molecule has 0 saturated heterocycles. The molecule has 92 valence electrons. The van der Waals surface area contributed by atoms with E-state index in [-0.39, 0.29) is 6.04 Å². The SMILES string of the molecule is CCC(F)(c1ccc2sccc2c1)C(C)NC. The predicted octanol–water partition coefficient (Wildman–Crippen LogP) is 4.08. The average Bonchev–Trinajstić information content (AvgIpc) is 2.83. The van der Waals surface area contributed by atoms with Gasteiger partial charge < -0.3 is 5.32 Å². The summed E-state index contributed by atoms with van der Waals surface area (Å²) in [4.78, 5) is 0. The van der Waals surface area contributed by atoms with Gasteiger partial charge in [-0.25, -0.2) is 4.39 Å². The van der Waals surface area contributed by atoms with Crippen molar-refractivity contribution in [1.29, 1.82) is 0 Å². The van der Waals surface area contributed by atoms with E-state index < -0.39 is 5.67 Å². The molecule has 0 bridgehead atoms. The molecule has 2 atom stereocenters. The number of fused-ring (bicyclic) bond motifs is 1. The largest absolute Gasteiger partial charge is 0.314 e. The van der Waals surface area contributed by atoms with Gasteiger partial charge in [-0.15, -0.1) is 11.3 Å². The van der Waals surface area contributed by atoms with Gasteiger partial charge in [-0.05, 0) is 54.9 Å². The fourth-order valence-electron chi connectivity index (χ4n) is 2.21. The van der Waals surface area contributed by atoms with Gasteiger partial charge in [0.05, 0.1) is 0 Å². The van der Waals surface area contributed by atoms with Gasteiger partial charge in [0.2, 0.25) is 0 Å². The molecular weight excluding hydrogens is 233 g/mol. The zero-order chi connectivity index (χ0) is 12.5. The average molecular weight is 251 g/mol. The van der Waals surface area contributed by atoms with Gasteiger partial charge in [-0.3, -0.25) is 0 Å². The molecule has 0 fully saturated rings. The van der Waals surface area contributed by atoms with Gasteiger partial charge in [-0.1, -0.05) is 13.0 Å². The normalized spacial score (nSPS) is 16.9. The molecule has 0 aliphatic rings. The predicted molar refractivity (Wildman–Crippen MR) is 73.4 cm³/mol. The lowest BCUT2D eigenvalue weighted by Crippen LogP contribution is -2.41. The standard InChI is InChI=1S/C14H18FNS/c1-4-14(15,10(2)16-3)12-5-6-13-11(9-12)7-8-17-13/h5-10,16H,4H2,1-3H3. The number of likely N-dealkylation sites (N-methyl/N-ethyl adjacent to an activating group) is 1. The van der Waals surface area contributed by atoms with Crippen molar-refractivity contribution in [2.75, 3.05) is 7.05 Å². The number of halogens is 1. The summed E-state index contributed by atoms with van der Waals surface area (Å²) in [5.41, 5.74) is -0.530. The fraction of sp³-hybridized carbons (Fsp3) is 0.429. The van der Waals surface area contributed by atoms with Crippen LogP contribution < -0.4 is 5.32 Å². The van der Waals surface area contributed by atoms with Crippen LogP contribution in [0.15, 0.2) is 29.6 Å². The summed E-state index contributed by atoms with van der Waals surface area (Å²) in [5.74, 6) is 0. The van der Waals surface area contributed by atoms with E-state index in [4.69, 9.17) is 0 Å². The van der Waals surface area contributed by atoms with Crippen molar-refractivity contribution in [1.82, 2.24) is 5.32 Å². The van der Waals surface area contributed by atoms with E-state index in [1.54, 1.807) is 18.4 Å². The maximum absolute atomic E-state index is 15.0. The van der Waals surface area contributed by atoms with Crippen LogP contribution in [0, 0.1) is 0 Å². The zero-order valence-electron chi connectivity index (χ0n) is 10.5. The molecule has 1 nitrogen and oxygen atoms in total. The van der Waals surface area contributed by atoms with E-state index >= 15 is 4.39 Å². The van der Waals surface area contributed by atoms with Crippen LogP contribution in [0.3, 0.4) is 0 Å². The highest BCUT2D eigenvalue weighted by atomic mass is 32.1. The summed E-state index contributed by atoms with van der Waals surface area (Å²) in [6, 6.07) is 7.76. The van der Waals surface area contributed by atoms with E-state index in [0.717, 1.165) is 10.9 Å². The first-order valence-electron chi connectivity index (χ1n) is 5.95. The van der Waals surface area contributed by atoms with Crippen LogP contribution in [0.2, 0.25) is 0 Å². The molecule has 1 aromatic carbocycles. The lowest BCUT2D eigenvalue weighted by molar-refractivity contribution is 0.111. The maximum Gasteiger partial charge on any atom is 0.150 e. The highest BCUT2D eigenvalue weighted by molar-refractivity contribution is 7.17. The Bertz CT molecular complexity index is 508. The van der Waals surface area contributed by atoms with Crippen LogP contribution in [-0.2, 0) is 5.67 Å². The number of rotatable bonds is 4. The topological polar surface area (TPSA) is 12.0 Å². The Hall–Kier alpha value is -0.930. The molecule has 0 spiro atoms. The van der Waals surface area contributed by atoms with Crippen LogP contribution in [-0.4, -0.2) is 13.1 Å². The number of benzene rings is 1. The van der Waals surface area contributed by atoms with Crippen LogP contribution >= 0.6 is 11.3 Å². The minimum absolute atomic E-state index is 0.191. The Labute approximate surface area is 106 Å². The van der Waals surface area contributed by atoms with E-state index in [1.165, 1.54) is 4.70 Å². The molecule has 17 heavy (non-hydrogen) atoms. The molecule has 0 aliphatic carbocycles. The number of thiophene rings is 1. The van der Waals surface area contributed by atoms with E-state index in [1.807, 2.05) is 43.5 Å². The minimum atomic E-state index is -1.30. The molecule has 2 rings (SSSR count). The summed E-state index contributed by atoms with van der Waals surface area (Å²) < 4.78 is 16.2. The Morgan fingerprint density at radius 2 is 2.18 bits per heavy atom. The second-order valence-corrected chi connectivity index (χ2v) is 5.35. The van der Waals surface area contributed by atoms with Crippen molar-refractivity contribution < 1.29 is 4.39 Å². The van der Waals surface area contributed by atoms with Gasteiger partial charge in [0, 0.05) is 10.7 Å². The molecule has 2 unspecified atom stereocenters. The van der Waals surface area contributed by atoms with E-state index in [2.05, 4.69) is 5.32 Å². The molecule has 0 radical (unpaired) electrons. The van der Waals surface area contributed by atoms with Crippen LogP contribution in [0.1, 0.15) is 25.8 Å². The molecular formula is C14H18FNS.